The molecule has 1 N–H and O–H groups in total. The van der Waals surface area contributed by atoms with Crippen LogP contribution in [-0.4, -0.2) is 56.0 Å². The number of halogens is 1. The summed E-state index contributed by atoms with van der Waals surface area (Å²) >= 11 is 8.18. The highest BCUT2D eigenvalue weighted by atomic mass is 35.5. The monoisotopic (exact) mass is 486 g/mol. The number of carboxylic acids is 1. The largest absolute Gasteiger partial charge is 0.489 e. The summed E-state index contributed by atoms with van der Waals surface area (Å²) in [7, 11) is 0. The van der Waals surface area contributed by atoms with Crippen LogP contribution in [0.4, 0.5) is 4.79 Å². The molecule has 3 aromatic rings. The number of rotatable bonds is 5. The van der Waals surface area contributed by atoms with E-state index in [9.17, 15) is 9.59 Å². The van der Waals surface area contributed by atoms with Gasteiger partial charge in [-0.3, -0.25) is 0 Å². The number of benzene rings is 1. The molecule has 2 fully saturated rings. The SMILES string of the molecule is CC[C@]12C[C@H](Oc3cccc(-c4cscn4)c3Cl)C[C@H]1CN(C(=O)n1ccc(C(=O)O)n1)C2. The zero-order chi connectivity index (χ0) is 23.2. The number of fused-ring (bicyclic) bond motifs is 1. The van der Waals surface area contributed by atoms with Gasteiger partial charge in [-0.05, 0) is 42.7 Å². The van der Waals surface area contributed by atoms with E-state index in [2.05, 4.69) is 17.0 Å². The highest BCUT2D eigenvalue weighted by Crippen LogP contribution is 2.52. The summed E-state index contributed by atoms with van der Waals surface area (Å²) in [5.74, 6) is -0.196. The maximum absolute atomic E-state index is 12.9. The van der Waals surface area contributed by atoms with Crippen molar-refractivity contribution in [1.29, 1.82) is 0 Å². The number of hydrogen-bond donors (Lipinski definition) is 1. The predicted molar refractivity (Wildman–Crippen MR) is 124 cm³/mol. The van der Waals surface area contributed by atoms with Gasteiger partial charge in [-0.15, -0.1) is 11.3 Å². The van der Waals surface area contributed by atoms with E-state index in [-0.39, 0.29) is 23.2 Å². The molecule has 2 aromatic heterocycles. The molecule has 1 aliphatic carbocycles. The number of aromatic carboxylic acids is 1. The quantitative estimate of drug-likeness (QED) is 0.551. The standard InChI is InChI=1S/C23H23ClN4O4S/c1-2-23-9-15(32-19-5-3-4-16(20(19)24)18-11-33-13-25-18)8-14(23)10-27(12-23)22(31)28-7-6-17(26-28)21(29)30/h3-7,11,13-15H,2,8-10,12H2,1H3,(H,29,30)/t14-,15+,23+/m0/s1. The number of aromatic nitrogens is 3. The molecule has 0 unspecified atom stereocenters. The first-order chi connectivity index (χ1) is 15.9. The molecule has 5 rings (SSSR count). The number of amides is 1. The maximum atomic E-state index is 12.9. The fourth-order valence-corrected chi connectivity index (χ4v) is 6.06. The summed E-state index contributed by atoms with van der Waals surface area (Å²) in [5.41, 5.74) is 3.29. The third-order valence-corrected chi connectivity index (χ3v) is 7.91. The topological polar surface area (TPSA) is 97.6 Å². The molecule has 1 saturated carbocycles. The lowest BCUT2D eigenvalue weighted by Crippen LogP contribution is -2.36. The number of carbonyl (C=O) groups is 2. The van der Waals surface area contributed by atoms with Crippen molar-refractivity contribution >= 4 is 34.9 Å². The van der Waals surface area contributed by atoms with Crippen molar-refractivity contribution in [3.63, 3.8) is 0 Å². The van der Waals surface area contributed by atoms with Crippen molar-refractivity contribution in [3.8, 4) is 17.0 Å². The Kier molecular flexibility index (Phi) is 5.62. The Balaban J connectivity index is 1.29. The van der Waals surface area contributed by atoms with Crippen LogP contribution < -0.4 is 4.74 Å². The summed E-state index contributed by atoms with van der Waals surface area (Å²) in [5, 5.41) is 15.5. The van der Waals surface area contributed by atoms with E-state index in [0.29, 0.717) is 29.8 Å². The Labute approximate surface area is 199 Å². The maximum Gasteiger partial charge on any atom is 0.356 e. The molecule has 8 nitrogen and oxygen atoms in total. The summed E-state index contributed by atoms with van der Waals surface area (Å²) in [6, 6.07) is 6.80. The first kappa shape index (κ1) is 21.9. The molecule has 10 heteroatoms. The van der Waals surface area contributed by atoms with Gasteiger partial charge >= 0.3 is 12.0 Å². The van der Waals surface area contributed by atoms with Crippen LogP contribution in [0, 0.1) is 11.3 Å². The Bertz CT molecular complexity index is 1200. The van der Waals surface area contributed by atoms with Gasteiger partial charge in [-0.2, -0.15) is 9.78 Å². The van der Waals surface area contributed by atoms with Gasteiger partial charge in [-0.1, -0.05) is 30.7 Å². The number of hydrogen-bond acceptors (Lipinski definition) is 6. The van der Waals surface area contributed by atoms with Crippen molar-refractivity contribution in [1.82, 2.24) is 19.7 Å². The lowest BCUT2D eigenvalue weighted by Gasteiger charge is -2.27. The van der Waals surface area contributed by atoms with Crippen LogP contribution >= 0.6 is 22.9 Å². The minimum absolute atomic E-state index is 0.0127. The van der Waals surface area contributed by atoms with Crippen LogP contribution in [0.2, 0.25) is 5.02 Å². The number of carbonyl (C=O) groups excluding carboxylic acids is 1. The molecule has 3 heterocycles. The molecule has 0 radical (unpaired) electrons. The summed E-state index contributed by atoms with van der Waals surface area (Å²) in [6.45, 7) is 3.35. The van der Waals surface area contributed by atoms with Gasteiger partial charge in [0.15, 0.2) is 5.69 Å². The first-order valence-electron chi connectivity index (χ1n) is 10.8. The highest BCUT2D eigenvalue weighted by molar-refractivity contribution is 7.07. The lowest BCUT2D eigenvalue weighted by molar-refractivity contribution is 0.0690. The van der Waals surface area contributed by atoms with Gasteiger partial charge in [0.05, 0.1) is 22.3 Å². The van der Waals surface area contributed by atoms with E-state index < -0.39 is 5.97 Å². The Morgan fingerprint density at radius 3 is 2.88 bits per heavy atom. The number of nitrogens with zero attached hydrogens (tertiary/aromatic N) is 4. The molecule has 3 atom stereocenters. The highest BCUT2D eigenvalue weighted by Gasteiger charge is 2.53. The molecule has 0 bridgehead atoms. The van der Waals surface area contributed by atoms with Gasteiger partial charge in [-0.25, -0.2) is 14.6 Å². The number of likely N-dealkylation sites (tertiary alicyclic amines) is 1. The summed E-state index contributed by atoms with van der Waals surface area (Å²) < 4.78 is 7.49. The summed E-state index contributed by atoms with van der Waals surface area (Å²) in [4.78, 5) is 30.1. The minimum atomic E-state index is -1.15. The molecule has 33 heavy (non-hydrogen) atoms. The molecule has 2 aliphatic rings. The Morgan fingerprint density at radius 1 is 1.36 bits per heavy atom. The third kappa shape index (κ3) is 3.89. The molecule has 172 valence electrons. The third-order valence-electron chi connectivity index (χ3n) is 6.94. The Morgan fingerprint density at radius 2 is 2.21 bits per heavy atom. The molecule has 0 spiro atoms. The summed E-state index contributed by atoms with van der Waals surface area (Å²) in [6.07, 6.45) is 4.00. The van der Waals surface area contributed by atoms with Crippen molar-refractivity contribution in [2.24, 2.45) is 11.3 Å². The zero-order valence-corrected chi connectivity index (χ0v) is 19.6. The smallest absolute Gasteiger partial charge is 0.356 e. The average molecular weight is 487 g/mol. The van der Waals surface area contributed by atoms with E-state index >= 15 is 0 Å². The van der Waals surface area contributed by atoms with Crippen molar-refractivity contribution in [2.75, 3.05) is 13.1 Å². The van der Waals surface area contributed by atoms with Crippen LogP contribution in [0.25, 0.3) is 11.3 Å². The van der Waals surface area contributed by atoms with Gasteiger partial charge in [0.1, 0.15) is 5.75 Å². The number of ether oxygens (including phenoxy) is 1. The van der Waals surface area contributed by atoms with Crippen LogP contribution in [0.15, 0.2) is 41.4 Å². The molecule has 1 saturated heterocycles. The second-order valence-electron chi connectivity index (χ2n) is 8.70. The van der Waals surface area contributed by atoms with Crippen LogP contribution in [0.3, 0.4) is 0 Å². The van der Waals surface area contributed by atoms with E-state index in [0.717, 1.165) is 35.2 Å². The number of thiazole rings is 1. The van der Waals surface area contributed by atoms with Crippen LogP contribution in [0.5, 0.6) is 5.75 Å². The zero-order valence-electron chi connectivity index (χ0n) is 18.0. The lowest BCUT2D eigenvalue weighted by atomic mass is 9.78. The second kappa shape index (κ2) is 8.46. The van der Waals surface area contributed by atoms with Gasteiger partial charge in [0.2, 0.25) is 0 Å². The van der Waals surface area contributed by atoms with E-state index in [1.54, 1.807) is 10.4 Å². The van der Waals surface area contributed by atoms with E-state index in [1.165, 1.54) is 23.6 Å². The fraction of sp³-hybridized carbons (Fsp3) is 0.391. The second-order valence-corrected chi connectivity index (χ2v) is 9.79. The van der Waals surface area contributed by atoms with Crippen molar-refractivity contribution < 1.29 is 19.4 Å². The van der Waals surface area contributed by atoms with E-state index in [1.807, 2.05) is 23.6 Å². The minimum Gasteiger partial charge on any atom is -0.489 e. The molecule has 1 aromatic carbocycles. The molecular weight excluding hydrogens is 464 g/mol. The first-order valence-corrected chi connectivity index (χ1v) is 12.1. The fourth-order valence-electron chi connectivity index (χ4n) is 5.24. The van der Waals surface area contributed by atoms with Gasteiger partial charge < -0.3 is 14.7 Å². The Hall–Kier alpha value is -2.91. The van der Waals surface area contributed by atoms with Crippen LogP contribution in [0.1, 0.15) is 36.7 Å². The van der Waals surface area contributed by atoms with Crippen molar-refractivity contribution in [2.45, 2.75) is 32.3 Å². The van der Waals surface area contributed by atoms with Gasteiger partial charge in [0, 0.05) is 30.2 Å². The molecule has 1 aliphatic heterocycles. The number of carboxylic acid groups (broad SMARTS) is 1. The molecule has 1 amide bonds. The predicted octanol–water partition coefficient (Wildman–Crippen LogP) is 4.90. The van der Waals surface area contributed by atoms with Gasteiger partial charge in [0.25, 0.3) is 0 Å². The normalized spacial score (nSPS) is 24.1. The van der Waals surface area contributed by atoms with E-state index in [4.69, 9.17) is 21.4 Å². The van der Waals surface area contributed by atoms with Crippen LogP contribution in [-0.2, 0) is 0 Å². The average Bonchev–Trinajstić information content (AvgIpc) is 3.57. The van der Waals surface area contributed by atoms with Crippen molar-refractivity contribution in [3.05, 3.63) is 52.1 Å². The molecular formula is C23H23ClN4O4S.